The van der Waals surface area contributed by atoms with E-state index in [0.29, 0.717) is 6.54 Å². The highest BCUT2D eigenvalue weighted by Crippen LogP contribution is 2.56. The molecule has 1 aliphatic heterocycles. The first kappa shape index (κ1) is 10.9. The molecule has 2 unspecified atom stereocenters. The number of rotatable bonds is 1. The minimum absolute atomic E-state index is 0.00289. The van der Waals surface area contributed by atoms with Gasteiger partial charge in [0, 0.05) is 18.5 Å². The molecule has 2 aliphatic rings. The monoisotopic (exact) mass is 211 g/mol. The lowest BCUT2D eigenvalue weighted by atomic mass is 9.54. The Hall–Kier alpha value is -0.570. The van der Waals surface area contributed by atoms with Gasteiger partial charge in [-0.05, 0) is 18.3 Å². The molecule has 0 aromatic heterocycles. The third kappa shape index (κ3) is 1.48. The smallest absolute Gasteiger partial charge is 0.308 e. The van der Waals surface area contributed by atoms with Crippen LogP contribution in [0.2, 0.25) is 0 Å². The van der Waals surface area contributed by atoms with Gasteiger partial charge in [-0.15, -0.1) is 0 Å². The maximum Gasteiger partial charge on any atom is 0.308 e. The van der Waals surface area contributed by atoms with Crippen LogP contribution in [0.5, 0.6) is 0 Å². The van der Waals surface area contributed by atoms with Crippen molar-refractivity contribution in [2.45, 2.75) is 39.5 Å². The molecular weight excluding hydrogens is 190 g/mol. The second-order valence-corrected chi connectivity index (χ2v) is 5.77. The summed E-state index contributed by atoms with van der Waals surface area (Å²) in [6.07, 6.45) is 4.68. The van der Waals surface area contributed by atoms with E-state index in [-0.39, 0.29) is 16.7 Å². The molecule has 86 valence electrons. The van der Waals surface area contributed by atoms with Gasteiger partial charge in [0.15, 0.2) is 0 Å². The first-order chi connectivity index (χ1) is 7.00. The highest BCUT2D eigenvalue weighted by atomic mass is 16.4. The van der Waals surface area contributed by atoms with Gasteiger partial charge in [0.1, 0.15) is 0 Å². The maximum atomic E-state index is 11.3. The van der Waals surface area contributed by atoms with Crippen molar-refractivity contribution >= 4 is 5.97 Å². The van der Waals surface area contributed by atoms with Crippen LogP contribution >= 0.6 is 0 Å². The van der Waals surface area contributed by atoms with Gasteiger partial charge in [-0.25, -0.2) is 0 Å². The zero-order valence-electron chi connectivity index (χ0n) is 9.68. The molecule has 1 heterocycles. The van der Waals surface area contributed by atoms with Gasteiger partial charge >= 0.3 is 5.97 Å². The SMILES string of the molecule is CC1(C)CCCCC12CNCC2C(=O)O. The topological polar surface area (TPSA) is 49.3 Å². The molecule has 2 fully saturated rings. The van der Waals surface area contributed by atoms with Gasteiger partial charge in [-0.1, -0.05) is 26.7 Å². The zero-order chi connectivity index (χ0) is 11.1. The second-order valence-electron chi connectivity index (χ2n) is 5.77. The molecule has 15 heavy (non-hydrogen) atoms. The molecule has 0 aromatic rings. The summed E-state index contributed by atoms with van der Waals surface area (Å²) < 4.78 is 0. The van der Waals surface area contributed by atoms with Gasteiger partial charge in [-0.2, -0.15) is 0 Å². The summed E-state index contributed by atoms with van der Waals surface area (Å²) in [4.78, 5) is 11.3. The minimum atomic E-state index is -0.616. The number of carboxylic acid groups (broad SMARTS) is 1. The summed E-state index contributed by atoms with van der Waals surface area (Å²) >= 11 is 0. The van der Waals surface area contributed by atoms with E-state index >= 15 is 0 Å². The highest BCUT2D eigenvalue weighted by Gasteiger charge is 2.56. The summed E-state index contributed by atoms with van der Waals surface area (Å²) in [5, 5.41) is 12.6. The Morgan fingerprint density at radius 1 is 1.33 bits per heavy atom. The van der Waals surface area contributed by atoms with Gasteiger partial charge in [0.05, 0.1) is 5.92 Å². The number of nitrogens with one attached hydrogen (secondary N) is 1. The van der Waals surface area contributed by atoms with Crippen LogP contribution in [0.3, 0.4) is 0 Å². The molecule has 2 atom stereocenters. The van der Waals surface area contributed by atoms with Gasteiger partial charge in [0.25, 0.3) is 0 Å². The van der Waals surface area contributed by atoms with Crippen molar-refractivity contribution in [1.82, 2.24) is 5.32 Å². The average Bonchev–Trinajstić information content (AvgIpc) is 2.56. The Kier molecular flexibility index (Phi) is 2.53. The first-order valence-electron chi connectivity index (χ1n) is 5.93. The molecule has 3 heteroatoms. The van der Waals surface area contributed by atoms with Crippen LogP contribution in [0.1, 0.15) is 39.5 Å². The summed E-state index contributed by atoms with van der Waals surface area (Å²) in [6, 6.07) is 0. The Balaban J connectivity index is 2.33. The van der Waals surface area contributed by atoms with E-state index in [9.17, 15) is 9.90 Å². The fourth-order valence-corrected chi connectivity index (χ4v) is 3.65. The van der Waals surface area contributed by atoms with Crippen molar-refractivity contribution in [3.63, 3.8) is 0 Å². The number of aliphatic carboxylic acids is 1. The van der Waals surface area contributed by atoms with Crippen LogP contribution < -0.4 is 5.32 Å². The molecule has 2 rings (SSSR count). The first-order valence-corrected chi connectivity index (χ1v) is 5.93. The van der Waals surface area contributed by atoms with E-state index in [4.69, 9.17) is 0 Å². The number of hydrogen-bond donors (Lipinski definition) is 2. The molecule has 0 radical (unpaired) electrons. The Labute approximate surface area is 91.2 Å². The molecule has 0 bridgehead atoms. The van der Waals surface area contributed by atoms with E-state index in [0.717, 1.165) is 13.0 Å². The molecule has 2 N–H and O–H groups in total. The second kappa shape index (κ2) is 3.48. The number of hydrogen-bond acceptors (Lipinski definition) is 2. The number of carbonyl (C=O) groups is 1. The average molecular weight is 211 g/mol. The normalized spacial score (nSPS) is 39.5. The van der Waals surface area contributed by atoms with Gasteiger partial charge in [-0.3, -0.25) is 4.79 Å². The van der Waals surface area contributed by atoms with Crippen LogP contribution in [-0.4, -0.2) is 24.2 Å². The minimum Gasteiger partial charge on any atom is -0.481 e. The molecule has 1 aliphatic carbocycles. The number of carboxylic acids is 1. The van der Waals surface area contributed by atoms with Crippen molar-refractivity contribution in [3.8, 4) is 0 Å². The standard InChI is InChI=1S/C12H21NO2/c1-11(2)5-3-4-6-12(11)8-13-7-9(12)10(14)15/h9,13H,3-8H2,1-2H3,(H,14,15). The predicted molar refractivity (Wildman–Crippen MR) is 58.7 cm³/mol. The van der Waals surface area contributed by atoms with Crippen molar-refractivity contribution in [2.75, 3.05) is 13.1 Å². The molecule has 0 aromatic carbocycles. The molecule has 3 nitrogen and oxygen atoms in total. The Morgan fingerprint density at radius 2 is 2.00 bits per heavy atom. The van der Waals surface area contributed by atoms with E-state index < -0.39 is 5.97 Å². The summed E-state index contributed by atoms with van der Waals surface area (Å²) in [6.45, 7) is 6.03. The molecule has 1 saturated carbocycles. The lowest BCUT2D eigenvalue weighted by Crippen LogP contribution is -2.48. The zero-order valence-corrected chi connectivity index (χ0v) is 9.68. The fraction of sp³-hybridized carbons (Fsp3) is 0.917. The Bertz CT molecular complexity index is 275. The van der Waals surface area contributed by atoms with Crippen LogP contribution in [0, 0.1) is 16.7 Å². The van der Waals surface area contributed by atoms with Gasteiger partial charge < -0.3 is 10.4 Å². The quantitative estimate of drug-likeness (QED) is 0.696. The Morgan fingerprint density at radius 3 is 2.60 bits per heavy atom. The van der Waals surface area contributed by atoms with Crippen LogP contribution in [-0.2, 0) is 4.79 Å². The third-order valence-electron chi connectivity index (χ3n) is 4.78. The fourth-order valence-electron chi connectivity index (χ4n) is 3.65. The molecule has 0 amide bonds. The summed E-state index contributed by atoms with van der Waals surface area (Å²) in [7, 11) is 0. The van der Waals surface area contributed by atoms with E-state index in [1.807, 2.05) is 0 Å². The molecule has 1 spiro atoms. The largest absolute Gasteiger partial charge is 0.481 e. The van der Waals surface area contributed by atoms with Crippen molar-refractivity contribution in [1.29, 1.82) is 0 Å². The van der Waals surface area contributed by atoms with Gasteiger partial charge in [0.2, 0.25) is 0 Å². The summed E-state index contributed by atoms with van der Waals surface area (Å²) in [5.74, 6) is -0.803. The summed E-state index contributed by atoms with van der Waals surface area (Å²) in [5.41, 5.74) is 0.162. The van der Waals surface area contributed by atoms with Crippen LogP contribution in [0.15, 0.2) is 0 Å². The van der Waals surface area contributed by atoms with E-state index in [1.165, 1.54) is 19.3 Å². The highest BCUT2D eigenvalue weighted by molar-refractivity contribution is 5.72. The third-order valence-corrected chi connectivity index (χ3v) is 4.78. The van der Waals surface area contributed by atoms with E-state index in [1.54, 1.807) is 0 Å². The molecular formula is C12H21NO2. The van der Waals surface area contributed by atoms with Crippen molar-refractivity contribution in [3.05, 3.63) is 0 Å². The predicted octanol–water partition coefficient (Wildman–Crippen LogP) is 1.88. The van der Waals surface area contributed by atoms with E-state index in [2.05, 4.69) is 19.2 Å². The van der Waals surface area contributed by atoms with Crippen molar-refractivity contribution < 1.29 is 9.90 Å². The van der Waals surface area contributed by atoms with Crippen molar-refractivity contribution in [2.24, 2.45) is 16.7 Å². The maximum absolute atomic E-state index is 11.3. The molecule has 1 saturated heterocycles. The van der Waals surface area contributed by atoms with Crippen LogP contribution in [0.25, 0.3) is 0 Å². The van der Waals surface area contributed by atoms with Crippen LogP contribution in [0.4, 0.5) is 0 Å². The lowest BCUT2D eigenvalue weighted by Gasteiger charge is -2.50. The lowest BCUT2D eigenvalue weighted by molar-refractivity contribution is -0.150.